The molecule has 1 aromatic carbocycles. The Morgan fingerprint density at radius 2 is 1.45 bits per heavy atom. The lowest BCUT2D eigenvalue weighted by Gasteiger charge is -2.17. The summed E-state index contributed by atoms with van der Waals surface area (Å²) in [6.07, 6.45) is 4.94. The lowest BCUT2D eigenvalue weighted by molar-refractivity contribution is -0.123. The summed E-state index contributed by atoms with van der Waals surface area (Å²) < 4.78 is 22.5. The van der Waals surface area contributed by atoms with Gasteiger partial charge in [-0.2, -0.15) is 0 Å². The smallest absolute Gasteiger partial charge is 0.261 e. The van der Waals surface area contributed by atoms with Gasteiger partial charge in [0.2, 0.25) is 11.8 Å². The fourth-order valence-electron chi connectivity index (χ4n) is 3.91. The SMILES string of the molecule is O=C1C2C3C=CC(C3)C2C(=O)N1c1ccc(S(=O)(=O)Cl)cc1. The van der Waals surface area contributed by atoms with E-state index < -0.39 is 9.05 Å². The van der Waals surface area contributed by atoms with Crippen molar-refractivity contribution in [3.05, 3.63) is 36.4 Å². The van der Waals surface area contributed by atoms with Crippen LogP contribution in [0.15, 0.2) is 41.3 Å². The van der Waals surface area contributed by atoms with Crippen LogP contribution < -0.4 is 4.90 Å². The molecule has 22 heavy (non-hydrogen) atoms. The van der Waals surface area contributed by atoms with Crippen molar-refractivity contribution in [3.63, 3.8) is 0 Å². The van der Waals surface area contributed by atoms with E-state index in [-0.39, 0.29) is 40.4 Å². The van der Waals surface area contributed by atoms with Crippen LogP contribution in [0.3, 0.4) is 0 Å². The average Bonchev–Trinajstić information content (AvgIpc) is 3.12. The van der Waals surface area contributed by atoms with Crippen LogP contribution in [0.1, 0.15) is 6.42 Å². The number of carbonyl (C=O) groups excluding carboxylic acids is 2. The molecule has 7 heteroatoms. The quantitative estimate of drug-likeness (QED) is 0.469. The minimum absolute atomic E-state index is 0.0565. The Labute approximate surface area is 132 Å². The van der Waals surface area contributed by atoms with Crippen LogP contribution in [0.4, 0.5) is 5.69 Å². The molecule has 2 amide bonds. The van der Waals surface area contributed by atoms with E-state index in [4.69, 9.17) is 10.7 Å². The summed E-state index contributed by atoms with van der Waals surface area (Å²) in [6, 6.07) is 5.50. The second-order valence-corrected chi connectivity index (χ2v) is 8.51. The van der Waals surface area contributed by atoms with Gasteiger partial charge in [-0.1, -0.05) is 12.2 Å². The van der Waals surface area contributed by atoms with E-state index in [9.17, 15) is 18.0 Å². The molecular formula is C15H12ClNO4S. The van der Waals surface area contributed by atoms with Gasteiger partial charge in [-0.15, -0.1) is 0 Å². The Kier molecular flexibility index (Phi) is 2.81. The summed E-state index contributed by atoms with van der Waals surface area (Å²) in [5.74, 6) is -0.600. The van der Waals surface area contributed by atoms with E-state index in [1.165, 1.54) is 29.2 Å². The van der Waals surface area contributed by atoms with Gasteiger partial charge in [-0.05, 0) is 42.5 Å². The zero-order valence-electron chi connectivity index (χ0n) is 11.3. The first-order valence-corrected chi connectivity index (χ1v) is 9.30. The summed E-state index contributed by atoms with van der Waals surface area (Å²) >= 11 is 0. The molecule has 5 nitrogen and oxygen atoms in total. The summed E-state index contributed by atoms with van der Waals surface area (Å²) in [4.78, 5) is 26.3. The third kappa shape index (κ3) is 1.80. The van der Waals surface area contributed by atoms with E-state index in [0.717, 1.165) is 6.42 Å². The molecular weight excluding hydrogens is 326 g/mol. The normalized spacial score (nSPS) is 32.9. The van der Waals surface area contributed by atoms with E-state index in [2.05, 4.69) is 0 Å². The van der Waals surface area contributed by atoms with Crippen LogP contribution in [-0.2, 0) is 18.6 Å². The molecule has 1 aromatic rings. The van der Waals surface area contributed by atoms with Crippen molar-refractivity contribution in [1.82, 2.24) is 0 Å². The summed E-state index contributed by atoms with van der Waals surface area (Å²) in [6.45, 7) is 0. The van der Waals surface area contributed by atoms with Gasteiger partial charge in [0.1, 0.15) is 0 Å². The minimum Gasteiger partial charge on any atom is -0.274 e. The highest BCUT2D eigenvalue weighted by molar-refractivity contribution is 8.13. The molecule has 4 rings (SSSR count). The van der Waals surface area contributed by atoms with Gasteiger partial charge in [-0.3, -0.25) is 14.5 Å². The topological polar surface area (TPSA) is 71.5 Å². The van der Waals surface area contributed by atoms with Crippen LogP contribution in [-0.4, -0.2) is 20.2 Å². The molecule has 0 N–H and O–H groups in total. The van der Waals surface area contributed by atoms with Crippen molar-refractivity contribution in [3.8, 4) is 0 Å². The highest BCUT2D eigenvalue weighted by Gasteiger charge is 2.59. The monoisotopic (exact) mass is 337 g/mol. The van der Waals surface area contributed by atoms with Crippen LogP contribution in [0.25, 0.3) is 0 Å². The van der Waals surface area contributed by atoms with E-state index in [1.54, 1.807) is 0 Å². The molecule has 2 aliphatic carbocycles. The van der Waals surface area contributed by atoms with Gasteiger partial charge in [0, 0.05) is 10.7 Å². The predicted molar refractivity (Wildman–Crippen MR) is 79.7 cm³/mol. The van der Waals surface area contributed by atoms with E-state index >= 15 is 0 Å². The molecule has 4 atom stereocenters. The van der Waals surface area contributed by atoms with Crippen LogP contribution >= 0.6 is 10.7 Å². The number of nitrogens with zero attached hydrogens (tertiary/aromatic N) is 1. The van der Waals surface area contributed by atoms with E-state index in [0.29, 0.717) is 5.69 Å². The first-order valence-electron chi connectivity index (χ1n) is 6.99. The van der Waals surface area contributed by atoms with Gasteiger partial charge in [0.15, 0.2) is 0 Å². The Hall–Kier alpha value is -1.66. The number of imide groups is 1. The summed E-state index contributed by atoms with van der Waals surface area (Å²) in [7, 11) is 1.45. The summed E-state index contributed by atoms with van der Waals surface area (Å²) in [5.41, 5.74) is 0.396. The number of anilines is 1. The number of hydrogen-bond acceptors (Lipinski definition) is 4. The molecule has 1 heterocycles. The number of allylic oxidation sites excluding steroid dienone is 2. The zero-order chi connectivity index (χ0) is 15.6. The van der Waals surface area contributed by atoms with Gasteiger partial charge in [-0.25, -0.2) is 8.42 Å². The highest BCUT2D eigenvalue weighted by Crippen LogP contribution is 2.53. The lowest BCUT2D eigenvalue weighted by atomic mass is 9.85. The molecule has 0 radical (unpaired) electrons. The lowest BCUT2D eigenvalue weighted by Crippen LogP contribution is -2.32. The molecule has 2 bridgehead atoms. The van der Waals surface area contributed by atoms with Crippen molar-refractivity contribution in [2.45, 2.75) is 11.3 Å². The molecule has 0 aromatic heterocycles. The number of carbonyl (C=O) groups is 2. The average molecular weight is 338 g/mol. The molecule has 1 aliphatic heterocycles. The number of halogens is 1. The molecule has 114 valence electrons. The molecule has 2 fully saturated rings. The molecule has 4 unspecified atom stereocenters. The second kappa shape index (κ2) is 4.43. The van der Waals surface area contributed by atoms with Crippen molar-refractivity contribution < 1.29 is 18.0 Å². The third-order valence-electron chi connectivity index (χ3n) is 4.85. The summed E-state index contributed by atoms with van der Waals surface area (Å²) in [5, 5.41) is 0. The zero-order valence-corrected chi connectivity index (χ0v) is 12.9. The fraction of sp³-hybridized carbons (Fsp3) is 0.333. The van der Waals surface area contributed by atoms with Crippen molar-refractivity contribution in [2.24, 2.45) is 23.7 Å². The van der Waals surface area contributed by atoms with Crippen molar-refractivity contribution in [1.29, 1.82) is 0 Å². The Balaban J connectivity index is 1.70. The molecule has 0 spiro atoms. The Morgan fingerprint density at radius 1 is 0.955 bits per heavy atom. The Morgan fingerprint density at radius 3 is 1.91 bits per heavy atom. The fourth-order valence-corrected chi connectivity index (χ4v) is 4.68. The van der Waals surface area contributed by atoms with Gasteiger partial charge < -0.3 is 0 Å². The number of benzene rings is 1. The minimum atomic E-state index is -3.82. The number of fused-ring (bicyclic) bond motifs is 5. The molecule has 1 saturated heterocycles. The standard InChI is InChI=1S/C15H12ClNO4S/c16-22(20,21)11-5-3-10(4-6-11)17-14(18)12-8-1-2-9(7-8)13(12)15(17)19/h1-6,8-9,12-13H,7H2. The maximum Gasteiger partial charge on any atom is 0.261 e. The number of amides is 2. The second-order valence-electron chi connectivity index (χ2n) is 5.94. The maximum absolute atomic E-state index is 12.6. The van der Waals surface area contributed by atoms with Gasteiger partial charge >= 0.3 is 0 Å². The first kappa shape index (κ1) is 14.0. The number of rotatable bonds is 2. The van der Waals surface area contributed by atoms with Crippen LogP contribution in [0, 0.1) is 23.7 Å². The Bertz CT molecular complexity index is 784. The van der Waals surface area contributed by atoms with Crippen molar-refractivity contribution in [2.75, 3.05) is 4.90 Å². The van der Waals surface area contributed by atoms with Gasteiger partial charge in [0.05, 0.1) is 22.4 Å². The molecule has 1 saturated carbocycles. The highest BCUT2D eigenvalue weighted by atomic mass is 35.7. The first-order chi connectivity index (χ1) is 10.4. The largest absolute Gasteiger partial charge is 0.274 e. The third-order valence-corrected chi connectivity index (χ3v) is 6.22. The van der Waals surface area contributed by atoms with Crippen LogP contribution in [0.2, 0.25) is 0 Å². The van der Waals surface area contributed by atoms with Crippen molar-refractivity contribution >= 4 is 37.2 Å². The predicted octanol–water partition coefficient (Wildman–Crippen LogP) is 1.93. The van der Waals surface area contributed by atoms with Crippen LogP contribution in [0.5, 0.6) is 0 Å². The van der Waals surface area contributed by atoms with E-state index in [1.807, 2.05) is 12.2 Å². The maximum atomic E-state index is 12.6. The molecule has 3 aliphatic rings. The van der Waals surface area contributed by atoms with Gasteiger partial charge in [0.25, 0.3) is 9.05 Å². The number of hydrogen-bond donors (Lipinski definition) is 0.